The van der Waals surface area contributed by atoms with E-state index < -0.39 is 0 Å². The Bertz CT molecular complexity index is 567. The lowest BCUT2D eigenvalue weighted by atomic mass is 10.2. The molecule has 2 fully saturated rings. The highest BCUT2D eigenvalue weighted by atomic mass is 32.2. The summed E-state index contributed by atoms with van der Waals surface area (Å²) in [5.74, 6) is 0.521. The second-order valence-corrected chi connectivity index (χ2v) is 7.05. The number of nitrogens with zero attached hydrogens (tertiary/aromatic N) is 1. The van der Waals surface area contributed by atoms with Gasteiger partial charge in [-0.1, -0.05) is 12.1 Å². The van der Waals surface area contributed by atoms with Gasteiger partial charge in [0.1, 0.15) is 0 Å². The molecule has 0 aliphatic carbocycles. The average molecular weight is 333 g/mol. The summed E-state index contributed by atoms with van der Waals surface area (Å²) in [4.78, 5) is 27.4. The molecular formula is C17H23N3O2S. The molecule has 2 aliphatic heterocycles. The normalized spacial score (nSPS) is 20.7. The summed E-state index contributed by atoms with van der Waals surface area (Å²) < 4.78 is 0. The number of carbonyl (C=O) groups is 2. The minimum absolute atomic E-state index is 0.0459. The van der Waals surface area contributed by atoms with Crippen LogP contribution in [-0.2, 0) is 4.79 Å². The number of rotatable bonds is 5. The van der Waals surface area contributed by atoms with Crippen LogP contribution in [0.2, 0.25) is 0 Å². The first-order valence-electron chi connectivity index (χ1n) is 8.25. The fourth-order valence-corrected chi connectivity index (χ4v) is 3.97. The van der Waals surface area contributed by atoms with Crippen molar-refractivity contribution in [3.63, 3.8) is 0 Å². The zero-order chi connectivity index (χ0) is 16.1. The number of nitrogens with one attached hydrogen (secondary N) is 2. The van der Waals surface area contributed by atoms with Gasteiger partial charge in [0.2, 0.25) is 5.91 Å². The molecule has 0 radical (unpaired) electrons. The zero-order valence-corrected chi connectivity index (χ0v) is 14.0. The number of likely N-dealkylation sites (tertiary alicyclic amines) is 1. The predicted molar refractivity (Wildman–Crippen MR) is 91.7 cm³/mol. The van der Waals surface area contributed by atoms with Crippen LogP contribution in [0.3, 0.4) is 0 Å². The Labute approximate surface area is 141 Å². The topological polar surface area (TPSA) is 61.4 Å². The second kappa shape index (κ2) is 7.84. The number of amides is 2. The van der Waals surface area contributed by atoms with Crippen molar-refractivity contribution >= 4 is 23.6 Å². The monoisotopic (exact) mass is 333 g/mol. The van der Waals surface area contributed by atoms with E-state index in [1.54, 1.807) is 0 Å². The first-order valence-corrected chi connectivity index (χ1v) is 9.24. The Balaban J connectivity index is 1.60. The van der Waals surface area contributed by atoms with E-state index in [4.69, 9.17) is 0 Å². The van der Waals surface area contributed by atoms with E-state index in [9.17, 15) is 9.59 Å². The molecule has 3 rings (SSSR count). The summed E-state index contributed by atoms with van der Waals surface area (Å²) in [6.07, 6.45) is 3.17. The fraction of sp³-hybridized carbons (Fsp3) is 0.529. The van der Waals surface area contributed by atoms with Gasteiger partial charge in [0, 0.05) is 30.6 Å². The Kier molecular flexibility index (Phi) is 5.56. The molecule has 2 saturated heterocycles. The number of hydrogen-bond acceptors (Lipinski definition) is 4. The third-order valence-electron chi connectivity index (χ3n) is 4.34. The molecule has 2 heterocycles. The van der Waals surface area contributed by atoms with Crippen LogP contribution in [0.1, 0.15) is 29.6 Å². The molecule has 0 saturated carbocycles. The lowest BCUT2D eigenvalue weighted by Crippen LogP contribution is -2.36. The van der Waals surface area contributed by atoms with Crippen LogP contribution in [0.5, 0.6) is 0 Å². The maximum absolute atomic E-state index is 12.5. The highest BCUT2D eigenvalue weighted by molar-refractivity contribution is 8.00. The molecule has 2 N–H and O–H groups in total. The van der Waals surface area contributed by atoms with Crippen LogP contribution < -0.4 is 10.6 Å². The Morgan fingerprint density at radius 1 is 1.26 bits per heavy atom. The molecule has 1 aromatic rings. The number of carbonyl (C=O) groups excluding carboxylic acids is 2. The largest absolute Gasteiger partial charge is 0.348 e. The van der Waals surface area contributed by atoms with Gasteiger partial charge in [0.15, 0.2) is 0 Å². The van der Waals surface area contributed by atoms with Gasteiger partial charge in [-0.3, -0.25) is 9.59 Å². The summed E-state index contributed by atoms with van der Waals surface area (Å²) in [7, 11) is 0. The fourth-order valence-electron chi connectivity index (χ4n) is 3.02. The minimum Gasteiger partial charge on any atom is -0.348 e. The highest BCUT2D eigenvalue weighted by Gasteiger charge is 2.21. The molecule has 1 unspecified atom stereocenters. The third kappa shape index (κ3) is 4.26. The predicted octanol–water partition coefficient (Wildman–Crippen LogP) is 1.49. The smallest absolute Gasteiger partial charge is 0.252 e. The van der Waals surface area contributed by atoms with Gasteiger partial charge in [-0.15, -0.1) is 11.8 Å². The Morgan fingerprint density at radius 3 is 2.78 bits per heavy atom. The molecule has 2 amide bonds. The number of thioether (sulfide) groups is 1. The maximum Gasteiger partial charge on any atom is 0.252 e. The van der Waals surface area contributed by atoms with Crippen molar-refractivity contribution in [2.24, 2.45) is 0 Å². The van der Waals surface area contributed by atoms with Crippen LogP contribution in [0.25, 0.3) is 0 Å². The van der Waals surface area contributed by atoms with Gasteiger partial charge < -0.3 is 15.5 Å². The molecule has 0 spiro atoms. The van der Waals surface area contributed by atoms with Gasteiger partial charge in [-0.25, -0.2) is 0 Å². The van der Waals surface area contributed by atoms with E-state index in [1.165, 1.54) is 11.8 Å². The Hall–Kier alpha value is -1.53. The molecule has 6 heteroatoms. The average Bonchev–Trinajstić information content (AvgIpc) is 3.26. The molecule has 1 atom stereocenters. The molecule has 0 bridgehead atoms. The SMILES string of the molecule is O=C(NC1CCNC1)c1ccccc1SCC(=O)N1CCCC1. The van der Waals surface area contributed by atoms with Crippen LogP contribution in [0.15, 0.2) is 29.2 Å². The van der Waals surface area contributed by atoms with Gasteiger partial charge >= 0.3 is 0 Å². The molecule has 0 aromatic heterocycles. The second-order valence-electron chi connectivity index (χ2n) is 6.04. The van der Waals surface area contributed by atoms with E-state index in [1.807, 2.05) is 29.2 Å². The molecule has 1 aromatic carbocycles. The quantitative estimate of drug-likeness (QED) is 0.802. The summed E-state index contributed by atoms with van der Waals surface area (Å²) in [5.41, 5.74) is 0.665. The van der Waals surface area contributed by atoms with Gasteiger partial charge in [0.05, 0.1) is 11.3 Å². The van der Waals surface area contributed by atoms with Gasteiger partial charge in [-0.2, -0.15) is 0 Å². The van der Waals surface area contributed by atoms with Crippen molar-refractivity contribution in [1.82, 2.24) is 15.5 Å². The van der Waals surface area contributed by atoms with Gasteiger partial charge in [0.25, 0.3) is 5.91 Å². The van der Waals surface area contributed by atoms with Gasteiger partial charge in [-0.05, 0) is 37.9 Å². The summed E-state index contributed by atoms with van der Waals surface area (Å²) in [6, 6.07) is 7.74. The minimum atomic E-state index is -0.0459. The van der Waals surface area contributed by atoms with Crippen molar-refractivity contribution in [2.75, 3.05) is 31.9 Å². The molecule has 5 nitrogen and oxygen atoms in total. The molecule has 124 valence electrons. The van der Waals surface area contributed by atoms with Crippen molar-refractivity contribution in [3.8, 4) is 0 Å². The summed E-state index contributed by atoms with van der Waals surface area (Å²) in [6.45, 7) is 3.52. The molecular weight excluding hydrogens is 310 g/mol. The van der Waals surface area contributed by atoms with E-state index in [-0.39, 0.29) is 17.9 Å². The third-order valence-corrected chi connectivity index (χ3v) is 5.40. The number of benzene rings is 1. The van der Waals surface area contributed by atoms with E-state index in [2.05, 4.69) is 10.6 Å². The van der Waals surface area contributed by atoms with Crippen LogP contribution in [0, 0.1) is 0 Å². The lowest BCUT2D eigenvalue weighted by molar-refractivity contribution is -0.127. The van der Waals surface area contributed by atoms with Crippen LogP contribution >= 0.6 is 11.8 Å². The highest BCUT2D eigenvalue weighted by Crippen LogP contribution is 2.24. The summed E-state index contributed by atoms with van der Waals surface area (Å²) in [5, 5.41) is 6.31. The van der Waals surface area contributed by atoms with E-state index in [0.717, 1.165) is 50.3 Å². The van der Waals surface area contributed by atoms with Crippen LogP contribution in [-0.4, -0.2) is 54.7 Å². The van der Waals surface area contributed by atoms with E-state index in [0.29, 0.717) is 11.3 Å². The standard InChI is InChI=1S/C17H23N3O2S/c21-16(20-9-3-4-10-20)12-23-15-6-2-1-5-14(15)17(22)19-13-7-8-18-11-13/h1-2,5-6,13,18H,3-4,7-12H2,(H,19,22). The van der Waals surface area contributed by atoms with Crippen molar-refractivity contribution < 1.29 is 9.59 Å². The van der Waals surface area contributed by atoms with Crippen LogP contribution in [0.4, 0.5) is 0 Å². The summed E-state index contributed by atoms with van der Waals surface area (Å²) >= 11 is 1.46. The zero-order valence-electron chi connectivity index (χ0n) is 13.2. The van der Waals surface area contributed by atoms with E-state index >= 15 is 0 Å². The lowest BCUT2D eigenvalue weighted by Gasteiger charge is -2.16. The molecule has 2 aliphatic rings. The van der Waals surface area contributed by atoms with Crippen molar-refractivity contribution in [2.45, 2.75) is 30.2 Å². The van der Waals surface area contributed by atoms with Crippen molar-refractivity contribution in [3.05, 3.63) is 29.8 Å². The first-order chi connectivity index (χ1) is 11.2. The molecule has 23 heavy (non-hydrogen) atoms. The maximum atomic E-state index is 12.5. The number of hydrogen-bond donors (Lipinski definition) is 2. The Morgan fingerprint density at radius 2 is 2.04 bits per heavy atom. The van der Waals surface area contributed by atoms with Crippen molar-refractivity contribution in [1.29, 1.82) is 0 Å². The first kappa shape index (κ1) is 16.3.